The summed E-state index contributed by atoms with van der Waals surface area (Å²) in [7, 11) is 1.61. The smallest absolute Gasteiger partial charge is 0.221 e. The van der Waals surface area contributed by atoms with Crippen LogP contribution in [0, 0.1) is 12.3 Å². The second kappa shape index (κ2) is 6.05. The minimum absolute atomic E-state index is 0.145. The molecule has 0 spiro atoms. The van der Waals surface area contributed by atoms with Crippen molar-refractivity contribution in [1.82, 2.24) is 9.97 Å². The van der Waals surface area contributed by atoms with Gasteiger partial charge in [0.25, 0.3) is 0 Å². The van der Waals surface area contributed by atoms with Crippen molar-refractivity contribution in [3.05, 3.63) is 11.9 Å². The molecule has 0 amide bonds. The molecule has 0 aromatic carbocycles. The number of hydrogen-bond acceptors (Lipinski definition) is 4. The first kappa shape index (κ1) is 14.0. The van der Waals surface area contributed by atoms with Crippen LogP contribution < -0.4 is 10.1 Å². The van der Waals surface area contributed by atoms with Crippen LogP contribution in [0.2, 0.25) is 0 Å². The van der Waals surface area contributed by atoms with Crippen molar-refractivity contribution in [3.8, 4) is 5.88 Å². The lowest BCUT2D eigenvalue weighted by Gasteiger charge is -2.24. The molecule has 0 aliphatic rings. The summed E-state index contributed by atoms with van der Waals surface area (Å²) >= 11 is 5.77. The van der Waals surface area contributed by atoms with Gasteiger partial charge < -0.3 is 10.1 Å². The fraction of sp³-hybridized carbons (Fsp3) is 0.667. The van der Waals surface area contributed by atoms with Crippen molar-refractivity contribution < 1.29 is 4.74 Å². The Kier molecular flexibility index (Phi) is 5.00. The van der Waals surface area contributed by atoms with Gasteiger partial charge in [-0.2, -0.15) is 0 Å². The molecule has 5 heteroatoms. The molecule has 0 atom stereocenters. The number of hydrogen-bond donors (Lipinski definition) is 1. The quantitative estimate of drug-likeness (QED) is 0.796. The lowest BCUT2D eigenvalue weighted by molar-refractivity contribution is 0.377. The maximum atomic E-state index is 5.77. The summed E-state index contributed by atoms with van der Waals surface area (Å²) in [5, 5.41) is 3.32. The minimum Gasteiger partial charge on any atom is -0.481 e. The zero-order chi connectivity index (χ0) is 12.9. The first-order valence-electron chi connectivity index (χ1n) is 5.65. The zero-order valence-corrected chi connectivity index (χ0v) is 11.6. The molecule has 96 valence electrons. The van der Waals surface area contributed by atoms with Crippen LogP contribution in [0.1, 0.15) is 25.8 Å². The van der Waals surface area contributed by atoms with Gasteiger partial charge in [-0.15, -0.1) is 11.6 Å². The van der Waals surface area contributed by atoms with Crippen LogP contribution in [-0.2, 0) is 0 Å². The number of anilines is 1. The summed E-state index contributed by atoms with van der Waals surface area (Å²) in [6, 6.07) is 0. The molecule has 1 heterocycles. The van der Waals surface area contributed by atoms with Crippen LogP contribution >= 0.6 is 11.6 Å². The predicted molar refractivity (Wildman–Crippen MR) is 70.9 cm³/mol. The SMILES string of the molecule is COc1ncnc(NCC(C)(C)CCCl)c1C. The summed E-state index contributed by atoms with van der Waals surface area (Å²) < 4.78 is 5.15. The second-order valence-corrected chi connectivity index (χ2v) is 5.19. The zero-order valence-electron chi connectivity index (χ0n) is 10.9. The van der Waals surface area contributed by atoms with Crippen LogP contribution in [0.3, 0.4) is 0 Å². The number of nitrogens with one attached hydrogen (secondary N) is 1. The molecule has 0 saturated carbocycles. The predicted octanol–water partition coefficient (Wildman–Crippen LogP) is 2.86. The molecular weight excluding hydrogens is 238 g/mol. The average molecular weight is 258 g/mol. The summed E-state index contributed by atoms with van der Waals surface area (Å²) in [5.74, 6) is 2.10. The van der Waals surface area contributed by atoms with E-state index in [2.05, 4.69) is 29.1 Å². The number of ether oxygens (including phenoxy) is 1. The first-order chi connectivity index (χ1) is 8.00. The van der Waals surface area contributed by atoms with Gasteiger partial charge in [0, 0.05) is 12.4 Å². The van der Waals surface area contributed by atoms with Gasteiger partial charge in [-0.05, 0) is 18.8 Å². The Morgan fingerprint density at radius 3 is 2.71 bits per heavy atom. The van der Waals surface area contributed by atoms with E-state index in [-0.39, 0.29) is 5.41 Å². The molecule has 0 radical (unpaired) electrons. The van der Waals surface area contributed by atoms with Gasteiger partial charge in [-0.25, -0.2) is 9.97 Å². The highest BCUT2D eigenvalue weighted by Crippen LogP contribution is 2.24. The van der Waals surface area contributed by atoms with Gasteiger partial charge in [0.2, 0.25) is 5.88 Å². The molecule has 1 N–H and O–H groups in total. The molecule has 0 unspecified atom stereocenters. The standard InChI is InChI=1S/C12H20ClN3O/c1-9-10(15-8-16-11(9)17-4)14-7-12(2,3)5-6-13/h8H,5-7H2,1-4H3,(H,14,15,16). The van der Waals surface area contributed by atoms with Gasteiger partial charge in [0.15, 0.2) is 0 Å². The molecule has 1 rings (SSSR count). The fourth-order valence-corrected chi connectivity index (χ4v) is 2.00. The maximum Gasteiger partial charge on any atom is 0.221 e. The van der Waals surface area contributed by atoms with Crippen LogP contribution in [0.5, 0.6) is 5.88 Å². The second-order valence-electron chi connectivity index (χ2n) is 4.81. The van der Waals surface area contributed by atoms with Crippen molar-refractivity contribution >= 4 is 17.4 Å². The van der Waals surface area contributed by atoms with E-state index in [0.717, 1.165) is 24.3 Å². The molecular formula is C12H20ClN3O. The number of methoxy groups -OCH3 is 1. The largest absolute Gasteiger partial charge is 0.481 e. The third-order valence-electron chi connectivity index (χ3n) is 2.74. The summed E-state index contributed by atoms with van der Waals surface area (Å²) in [4.78, 5) is 8.26. The molecule has 1 aromatic heterocycles. The minimum atomic E-state index is 0.145. The van der Waals surface area contributed by atoms with E-state index >= 15 is 0 Å². The van der Waals surface area contributed by atoms with Crippen molar-refractivity contribution in [1.29, 1.82) is 0 Å². The Morgan fingerprint density at radius 2 is 2.12 bits per heavy atom. The fourth-order valence-electron chi connectivity index (χ4n) is 1.49. The topological polar surface area (TPSA) is 47.0 Å². The molecule has 17 heavy (non-hydrogen) atoms. The normalized spacial score (nSPS) is 11.4. The number of aromatic nitrogens is 2. The molecule has 4 nitrogen and oxygen atoms in total. The first-order valence-corrected chi connectivity index (χ1v) is 6.19. The van der Waals surface area contributed by atoms with E-state index < -0.39 is 0 Å². The number of rotatable bonds is 6. The number of nitrogens with zero attached hydrogens (tertiary/aromatic N) is 2. The van der Waals surface area contributed by atoms with Crippen molar-refractivity contribution in [2.45, 2.75) is 27.2 Å². The van der Waals surface area contributed by atoms with E-state index in [4.69, 9.17) is 16.3 Å². The van der Waals surface area contributed by atoms with Gasteiger partial charge in [-0.1, -0.05) is 13.8 Å². The maximum absolute atomic E-state index is 5.77. The van der Waals surface area contributed by atoms with E-state index in [1.807, 2.05) is 6.92 Å². The van der Waals surface area contributed by atoms with Crippen LogP contribution in [0.15, 0.2) is 6.33 Å². The number of halogens is 1. The van der Waals surface area contributed by atoms with Gasteiger partial charge in [-0.3, -0.25) is 0 Å². The van der Waals surface area contributed by atoms with Gasteiger partial charge in [0.05, 0.1) is 12.7 Å². The number of alkyl halides is 1. The molecule has 0 aliphatic heterocycles. The highest BCUT2D eigenvalue weighted by atomic mass is 35.5. The Labute approximate surface area is 108 Å². The Hall–Kier alpha value is -1.03. The molecule has 0 fully saturated rings. The molecule has 0 saturated heterocycles. The monoisotopic (exact) mass is 257 g/mol. The molecule has 1 aromatic rings. The average Bonchev–Trinajstić information content (AvgIpc) is 2.28. The highest BCUT2D eigenvalue weighted by Gasteiger charge is 2.18. The summed E-state index contributed by atoms with van der Waals surface area (Å²) in [6.07, 6.45) is 2.46. The Balaban J connectivity index is 2.69. The summed E-state index contributed by atoms with van der Waals surface area (Å²) in [5.41, 5.74) is 1.07. The van der Waals surface area contributed by atoms with Gasteiger partial charge >= 0.3 is 0 Å². The van der Waals surface area contributed by atoms with E-state index in [0.29, 0.717) is 11.8 Å². The molecule has 0 aliphatic carbocycles. The third kappa shape index (κ3) is 4.04. The van der Waals surface area contributed by atoms with E-state index in [1.165, 1.54) is 6.33 Å². The third-order valence-corrected chi connectivity index (χ3v) is 2.93. The van der Waals surface area contributed by atoms with E-state index in [9.17, 15) is 0 Å². The van der Waals surface area contributed by atoms with E-state index in [1.54, 1.807) is 7.11 Å². The van der Waals surface area contributed by atoms with Crippen molar-refractivity contribution in [2.24, 2.45) is 5.41 Å². The van der Waals surface area contributed by atoms with Crippen molar-refractivity contribution in [2.75, 3.05) is 24.9 Å². The highest BCUT2D eigenvalue weighted by molar-refractivity contribution is 6.17. The Morgan fingerprint density at radius 1 is 1.41 bits per heavy atom. The van der Waals surface area contributed by atoms with Crippen LogP contribution in [0.25, 0.3) is 0 Å². The molecule has 0 bridgehead atoms. The lowest BCUT2D eigenvalue weighted by atomic mass is 9.90. The Bertz CT molecular complexity index is 369. The van der Waals surface area contributed by atoms with Crippen LogP contribution in [0.4, 0.5) is 5.82 Å². The summed E-state index contributed by atoms with van der Waals surface area (Å²) in [6.45, 7) is 7.11. The van der Waals surface area contributed by atoms with Crippen LogP contribution in [-0.4, -0.2) is 29.5 Å². The van der Waals surface area contributed by atoms with Gasteiger partial charge in [0.1, 0.15) is 12.1 Å². The lowest BCUT2D eigenvalue weighted by Crippen LogP contribution is -2.24. The van der Waals surface area contributed by atoms with Crippen molar-refractivity contribution in [3.63, 3.8) is 0 Å².